The Labute approximate surface area is 141 Å². The Morgan fingerprint density at radius 1 is 1.17 bits per heavy atom. The lowest BCUT2D eigenvalue weighted by Crippen LogP contribution is -2.48. The van der Waals surface area contributed by atoms with Crippen LogP contribution in [0.4, 0.5) is 0 Å². The van der Waals surface area contributed by atoms with Crippen LogP contribution in [-0.4, -0.2) is 46.0 Å². The zero-order chi connectivity index (χ0) is 16.2. The molecule has 124 valence electrons. The van der Waals surface area contributed by atoms with Crippen LogP contribution in [0.1, 0.15) is 37.2 Å². The van der Waals surface area contributed by atoms with Crippen LogP contribution >= 0.6 is 11.8 Å². The number of amides is 1. The Bertz CT molecular complexity index is 557. The van der Waals surface area contributed by atoms with Gasteiger partial charge in [-0.15, -0.1) is 0 Å². The number of nitrogens with zero attached hydrogens (tertiary/aromatic N) is 1. The smallest absolute Gasteiger partial charge is 0.305 e. The van der Waals surface area contributed by atoms with Gasteiger partial charge >= 0.3 is 5.97 Å². The third-order valence-electron chi connectivity index (χ3n) is 4.93. The van der Waals surface area contributed by atoms with Crippen molar-refractivity contribution in [1.82, 2.24) is 4.90 Å². The highest BCUT2D eigenvalue weighted by Gasteiger charge is 2.35. The van der Waals surface area contributed by atoms with Crippen LogP contribution in [0.3, 0.4) is 0 Å². The van der Waals surface area contributed by atoms with Gasteiger partial charge in [0.15, 0.2) is 0 Å². The zero-order valence-corrected chi connectivity index (χ0v) is 14.0. The molecular weight excluding hydrogens is 310 g/mol. The standard InChI is InChI=1S/C18H23NO3S/c20-17(19-6-7-23-12-16(19)11-18(21)22)10-13-8-15(9-13)14-4-2-1-3-5-14/h1-5,13,15-16H,6-12H2,(H,21,22). The number of carbonyl (C=O) groups is 2. The molecule has 0 spiro atoms. The topological polar surface area (TPSA) is 57.6 Å². The first-order valence-corrected chi connectivity index (χ1v) is 9.43. The molecule has 1 amide bonds. The minimum atomic E-state index is -0.817. The SMILES string of the molecule is O=C(O)CC1CSCCN1C(=O)CC1CC(c2ccccc2)C1. The lowest BCUT2D eigenvalue weighted by molar-refractivity contribution is -0.141. The summed E-state index contributed by atoms with van der Waals surface area (Å²) in [6.07, 6.45) is 2.78. The van der Waals surface area contributed by atoms with Crippen molar-refractivity contribution in [2.45, 2.75) is 37.6 Å². The minimum Gasteiger partial charge on any atom is -0.481 e. The fourth-order valence-corrected chi connectivity index (χ4v) is 4.68. The third kappa shape index (κ3) is 4.08. The normalized spacial score (nSPS) is 27.3. The third-order valence-corrected chi connectivity index (χ3v) is 6.02. The molecule has 1 aromatic carbocycles. The van der Waals surface area contributed by atoms with E-state index in [1.54, 1.807) is 11.8 Å². The largest absolute Gasteiger partial charge is 0.481 e. The van der Waals surface area contributed by atoms with Crippen molar-refractivity contribution < 1.29 is 14.7 Å². The molecule has 4 nitrogen and oxygen atoms in total. The van der Waals surface area contributed by atoms with Gasteiger partial charge in [-0.2, -0.15) is 11.8 Å². The Balaban J connectivity index is 1.50. The number of thioether (sulfide) groups is 1. The predicted octanol–water partition coefficient (Wildman–Crippen LogP) is 2.99. The van der Waals surface area contributed by atoms with Gasteiger partial charge in [-0.05, 0) is 30.2 Å². The van der Waals surface area contributed by atoms with E-state index in [-0.39, 0.29) is 18.4 Å². The summed E-state index contributed by atoms with van der Waals surface area (Å²) in [5.41, 5.74) is 1.37. The van der Waals surface area contributed by atoms with Gasteiger partial charge < -0.3 is 10.0 Å². The van der Waals surface area contributed by atoms with Crippen molar-refractivity contribution in [3.8, 4) is 0 Å². The van der Waals surface area contributed by atoms with E-state index in [0.717, 1.165) is 24.3 Å². The molecular formula is C18H23NO3S. The highest BCUT2D eigenvalue weighted by Crippen LogP contribution is 2.43. The summed E-state index contributed by atoms with van der Waals surface area (Å²) in [6.45, 7) is 0.691. The number of benzene rings is 1. The number of carboxylic acid groups (broad SMARTS) is 1. The van der Waals surface area contributed by atoms with Gasteiger partial charge in [0, 0.05) is 24.5 Å². The van der Waals surface area contributed by atoms with Gasteiger partial charge in [0.05, 0.1) is 12.5 Å². The van der Waals surface area contributed by atoms with Gasteiger partial charge in [-0.1, -0.05) is 30.3 Å². The average Bonchev–Trinajstić information content (AvgIpc) is 2.51. The minimum absolute atomic E-state index is 0.0655. The molecule has 0 radical (unpaired) electrons. The molecule has 1 saturated carbocycles. The van der Waals surface area contributed by atoms with Crippen LogP contribution in [0.25, 0.3) is 0 Å². The molecule has 1 N–H and O–H groups in total. The summed E-state index contributed by atoms with van der Waals surface area (Å²) in [6, 6.07) is 10.3. The van der Waals surface area contributed by atoms with E-state index in [9.17, 15) is 9.59 Å². The van der Waals surface area contributed by atoms with Crippen LogP contribution in [0.5, 0.6) is 0 Å². The van der Waals surface area contributed by atoms with Crippen LogP contribution in [0.15, 0.2) is 30.3 Å². The van der Waals surface area contributed by atoms with Gasteiger partial charge in [0.25, 0.3) is 0 Å². The van der Waals surface area contributed by atoms with E-state index in [4.69, 9.17) is 5.11 Å². The van der Waals surface area contributed by atoms with E-state index >= 15 is 0 Å². The second-order valence-electron chi connectivity index (χ2n) is 6.56. The van der Waals surface area contributed by atoms with Crippen molar-refractivity contribution in [3.05, 3.63) is 35.9 Å². The molecule has 3 rings (SSSR count). The number of aliphatic carboxylic acids is 1. The van der Waals surface area contributed by atoms with E-state index in [1.165, 1.54) is 5.56 Å². The van der Waals surface area contributed by atoms with Crippen LogP contribution in [-0.2, 0) is 9.59 Å². The number of carbonyl (C=O) groups excluding carboxylic acids is 1. The van der Waals surface area contributed by atoms with E-state index in [0.29, 0.717) is 24.8 Å². The van der Waals surface area contributed by atoms with Crippen molar-refractivity contribution in [3.63, 3.8) is 0 Å². The predicted molar refractivity (Wildman–Crippen MR) is 91.6 cm³/mol. The fourth-order valence-electron chi connectivity index (χ4n) is 3.62. The molecule has 2 aliphatic rings. The maximum atomic E-state index is 12.6. The Morgan fingerprint density at radius 2 is 1.91 bits per heavy atom. The van der Waals surface area contributed by atoms with Crippen LogP contribution in [0, 0.1) is 5.92 Å². The molecule has 1 aromatic rings. The molecule has 2 fully saturated rings. The molecule has 1 saturated heterocycles. The molecule has 1 aliphatic heterocycles. The molecule has 5 heteroatoms. The molecule has 1 unspecified atom stereocenters. The summed E-state index contributed by atoms with van der Waals surface area (Å²) >= 11 is 1.75. The Morgan fingerprint density at radius 3 is 2.61 bits per heavy atom. The quantitative estimate of drug-likeness (QED) is 0.900. The highest BCUT2D eigenvalue weighted by atomic mass is 32.2. The van der Waals surface area contributed by atoms with Gasteiger partial charge in [0.2, 0.25) is 5.91 Å². The van der Waals surface area contributed by atoms with Crippen LogP contribution < -0.4 is 0 Å². The average molecular weight is 333 g/mol. The van der Waals surface area contributed by atoms with Crippen LogP contribution in [0.2, 0.25) is 0 Å². The molecule has 0 aromatic heterocycles. The summed E-state index contributed by atoms with van der Waals surface area (Å²) in [4.78, 5) is 25.4. The molecule has 0 bridgehead atoms. The second-order valence-corrected chi connectivity index (χ2v) is 7.71. The number of rotatable bonds is 5. The lowest BCUT2D eigenvalue weighted by Gasteiger charge is -2.39. The zero-order valence-electron chi connectivity index (χ0n) is 13.2. The summed E-state index contributed by atoms with van der Waals surface area (Å²) in [5, 5.41) is 9.02. The Hall–Kier alpha value is -1.49. The fraction of sp³-hybridized carbons (Fsp3) is 0.556. The maximum absolute atomic E-state index is 12.6. The number of hydrogen-bond donors (Lipinski definition) is 1. The first-order chi connectivity index (χ1) is 11.1. The number of carboxylic acids is 1. The first kappa shape index (κ1) is 16.4. The molecule has 1 heterocycles. The molecule has 1 aliphatic carbocycles. The van der Waals surface area contributed by atoms with Crippen molar-refractivity contribution >= 4 is 23.6 Å². The summed E-state index contributed by atoms with van der Waals surface area (Å²) < 4.78 is 0. The second kappa shape index (κ2) is 7.39. The van der Waals surface area contributed by atoms with E-state index in [2.05, 4.69) is 24.3 Å². The maximum Gasteiger partial charge on any atom is 0.305 e. The lowest BCUT2D eigenvalue weighted by atomic mass is 9.70. The van der Waals surface area contributed by atoms with E-state index < -0.39 is 5.97 Å². The molecule has 1 atom stereocenters. The summed E-state index contributed by atoms with van der Waals surface area (Å²) in [7, 11) is 0. The van der Waals surface area contributed by atoms with Gasteiger partial charge in [0.1, 0.15) is 0 Å². The Kier molecular flexibility index (Phi) is 5.26. The number of hydrogen-bond acceptors (Lipinski definition) is 3. The van der Waals surface area contributed by atoms with E-state index in [1.807, 2.05) is 11.0 Å². The van der Waals surface area contributed by atoms with Crippen molar-refractivity contribution in [2.75, 3.05) is 18.1 Å². The summed E-state index contributed by atoms with van der Waals surface area (Å²) in [5.74, 6) is 2.03. The van der Waals surface area contributed by atoms with Gasteiger partial charge in [-0.3, -0.25) is 9.59 Å². The first-order valence-electron chi connectivity index (χ1n) is 8.27. The van der Waals surface area contributed by atoms with Crippen molar-refractivity contribution in [1.29, 1.82) is 0 Å². The van der Waals surface area contributed by atoms with Crippen molar-refractivity contribution in [2.24, 2.45) is 5.92 Å². The van der Waals surface area contributed by atoms with Gasteiger partial charge in [-0.25, -0.2) is 0 Å². The highest BCUT2D eigenvalue weighted by molar-refractivity contribution is 7.99. The monoisotopic (exact) mass is 333 g/mol. The molecule has 23 heavy (non-hydrogen) atoms.